The molecule has 2 aromatic heterocycles. The van der Waals surface area contributed by atoms with E-state index in [9.17, 15) is 15.0 Å². The van der Waals surface area contributed by atoms with Crippen molar-refractivity contribution < 1.29 is 19.7 Å². The van der Waals surface area contributed by atoms with Gasteiger partial charge in [0.1, 0.15) is 18.5 Å². The maximum absolute atomic E-state index is 12.4. The Kier molecular flexibility index (Phi) is 8.37. The van der Waals surface area contributed by atoms with Crippen molar-refractivity contribution in [2.24, 2.45) is 5.92 Å². The third-order valence-electron chi connectivity index (χ3n) is 5.80. The van der Waals surface area contributed by atoms with Crippen LogP contribution in [0.2, 0.25) is 0 Å². The van der Waals surface area contributed by atoms with E-state index in [1.165, 1.54) is 16.4 Å². The Morgan fingerprint density at radius 3 is 2.74 bits per heavy atom. The molecule has 4 rings (SSSR count). The summed E-state index contributed by atoms with van der Waals surface area (Å²) in [6.45, 7) is 5.24. The summed E-state index contributed by atoms with van der Waals surface area (Å²) in [5.74, 6) is 1.11. The summed E-state index contributed by atoms with van der Waals surface area (Å²) in [5, 5.41) is 36.3. The van der Waals surface area contributed by atoms with Gasteiger partial charge in [0.05, 0.1) is 24.6 Å². The number of hydrogen-bond donors (Lipinski definition) is 4. The molecule has 1 aliphatic rings. The minimum atomic E-state index is -1.20. The molecular weight excluding hydrogens is 470 g/mol. The lowest BCUT2D eigenvalue weighted by Crippen LogP contribution is -2.38. The molecule has 35 heavy (non-hydrogen) atoms. The number of rotatable bonds is 11. The van der Waals surface area contributed by atoms with Crippen LogP contribution in [0.4, 0.5) is 5.82 Å². The van der Waals surface area contributed by atoms with Crippen molar-refractivity contribution in [1.82, 2.24) is 30.3 Å². The van der Waals surface area contributed by atoms with Crippen LogP contribution < -0.4 is 15.4 Å². The van der Waals surface area contributed by atoms with Crippen LogP contribution in [0.3, 0.4) is 0 Å². The molecule has 11 nitrogen and oxygen atoms in total. The number of aliphatic hydroxyl groups excluding tert-OH is 2. The van der Waals surface area contributed by atoms with Gasteiger partial charge in [-0.25, -0.2) is 14.6 Å². The van der Waals surface area contributed by atoms with Gasteiger partial charge in [-0.1, -0.05) is 42.1 Å². The number of carbonyl (C=O) groups is 1. The van der Waals surface area contributed by atoms with Crippen LogP contribution in [0.1, 0.15) is 32.7 Å². The van der Waals surface area contributed by atoms with E-state index in [-0.39, 0.29) is 12.3 Å². The van der Waals surface area contributed by atoms with Crippen LogP contribution in [0.25, 0.3) is 11.2 Å². The van der Waals surface area contributed by atoms with Gasteiger partial charge in [-0.05, 0) is 31.9 Å². The van der Waals surface area contributed by atoms with E-state index in [1.54, 1.807) is 0 Å². The van der Waals surface area contributed by atoms with Crippen molar-refractivity contribution in [1.29, 1.82) is 0 Å². The summed E-state index contributed by atoms with van der Waals surface area (Å²) in [4.78, 5) is 21.6. The zero-order valence-electron chi connectivity index (χ0n) is 19.8. The number of fused-ring (bicyclic) bond motifs is 1. The molecule has 12 heteroatoms. The molecule has 1 fully saturated rings. The summed E-state index contributed by atoms with van der Waals surface area (Å²) in [5.41, 5.74) is 0.895. The lowest BCUT2D eigenvalue weighted by atomic mass is 10.0. The van der Waals surface area contributed by atoms with Crippen LogP contribution >= 0.6 is 11.8 Å². The highest BCUT2D eigenvalue weighted by Crippen LogP contribution is 2.37. The fourth-order valence-corrected chi connectivity index (χ4v) is 4.78. The lowest BCUT2D eigenvalue weighted by Gasteiger charge is -2.17. The summed E-state index contributed by atoms with van der Waals surface area (Å²) >= 11 is 1.52. The predicted molar refractivity (Wildman–Crippen MR) is 132 cm³/mol. The molecule has 188 valence electrons. The number of aromatic nitrogens is 5. The van der Waals surface area contributed by atoms with Gasteiger partial charge in [0.2, 0.25) is 5.91 Å². The fourth-order valence-electron chi connectivity index (χ4n) is 4.09. The molecule has 1 aliphatic carbocycles. The van der Waals surface area contributed by atoms with E-state index in [4.69, 9.17) is 4.74 Å². The zero-order chi connectivity index (χ0) is 24.8. The van der Waals surface area contributed by atoms with Crippen molar-refractivity contribution in [3.8, 4) is 5.75 Å². The van der Waals surface area contributed by atoms with E-state index < -0.39 is 24.2 Å². The highest BCUT2D eigenvalue weighted by atomic mass is 32.2. The Hall–Kier alpha value is -2.96. The first-order valence-electron chi connectivity index (χ1n) is 11.8. The molecule has 1 aromatic carbocycles. The number of para-hydroxylation sites is 1. The Balaban J connectivity index is 1.57. The standard InChI is InChI=1S/C23H31N7O4S/c1-3-12-35-23-26-20(25-10-11-34-14-8-6-5-7-9-14)17-21(27-23)30(29-28-17)16-13-15(18(31)19(16)32)22(33)24-4-2/h5-9,15-16,18-19,31-32H,3-4,10-13H2,1-2H3,(H,24,33)(H,25,26,27). The highest BCUT2D eigenvalue weighted by Gasteiger charge is 2.47. The van der Waals surface area contributed by atoms with Crippen molar-refractivity contribution in [2.75, 3.05) is 30.8 Å². The van der Waals surface area contributed by atoms with Gasteiger partial charge in [0.15, 0.2) is 22.1 Å². The number of nitrogens with one attached hydrogen (secondary N) is 2. The van der Waals surface area contributed by atoms with Gasteiger partial charge >= 0.3 is 0 Å². The first-order chi connectivity index (χ1) is 17.0. The molecule has 3 aromatic rings. The minimum Gasteiger partial charge on any atom is -0.492 e. The molecule has 1 saturated carbocycles. The first-order valence-corrected chi connectivity index (χ1v) is 12.8. The average Bonchev–Trinajstić information content (AvgIpc) is 3.42. The number of thioether (sulfide) groups is 1. The van der Waals surface area contributed by atoms with Crippen LogP contribution in [0, 0.1) is 5.92 Å². The molecule has 0 spiro atoms. The quantitative estimate of drug-likeness (QED) is 0.174. The van der Waals surface area contributed by atoms with Crippen molar-refractivity contribution in [3.63, 3.8) is 0 Å². The van der Waals surface area contributed by atoms with Gasteiger partial charge < -0.3 is 25.6 Å². The second kappa shape index (κ2) is 11.6. The third-order valence-corrected chi connectivity index (χ3v) is 6.85. The lowest BCUT2D eigenvalue weighted by molar-refractivity contribution is -0.128. The number of amides is 1. The molecule has 0 radical (unpaired) electrons. The summed E-state index contributed by atoms with van der Waals surface area (Å²) in [7, 11) is 0. The van der Waals surface area contributed by atoms with E-state index in [1.807, 2.05) is 37.3 Å². The van der Waals surface area contributed by atoms with E-state index in [0.29, 0.717) is 41.8 Å². The largest absolute Gasteiger partial charge is 0.492 e. The second-order valence-corrected chi connectivity index (χ2v) is 9.35. The highest BCUT2D eigenvalue weighted by molar-refractivity contribution is 7.99. The van der Waals surface area contributed by atoms with Crippen LogP contribution in [-0.2, 0) is 4.79 Å². The fraction of sp³-hybridized carbons (Fsp3) is 0.522. The normalized spacial score (nSPS) is 21.8. The maximum atomic E-state index is 12.4. The van der Waals surface area contributed by atoms with Crippen molar-refractivity contribution in [3.05, 3.63) is 30.3 Å². The van der Waals surface area contributed by atoms with Gasteiger partial charge in [-0.2, -0.15) is 0 Å². The predicted octanol–water partition coefficient (Wildman–Crippen LogP) is 1.63. The molecule has 0 saturated heterocycles. The molecule has 1 amide bonds. The molecule has 4 unspecified atom stereocenters. The Morgan fingerprint density at radius 1 is 1.20 bits per heavy atom. The smallest absolute Gasteiger partial charge is 0.225 e. The Bertz CT molecular complexity index is 1130. The molecule has 4 N–H and O–H groups in total. The van der Waals surface area contributed by atoms with Crippen LogP contribution in [0.5, 0.6) is 5.75 Å². The Morgan fingerprint density at radius 2 is 2.00 bits per heavy atom. The van der Waals surface area contributed by atoms with Gasteiger partial charge in [0, 0.05) is 12.3 Å². The summed E-state index contributed by atoms with van der Waals surface area (Å²) in [6.07, 6.45) is -1.19. The molecule has 0 aliphatic heterocycles. The number of ether oxygens (including phenoxy) is 1. The number of nitrogens with zero attached hydrogens (tertiary/aromatic N) is 5. The average molecular weight is 502 g/mol. The van der Waals surface area contributed by atoms with Gasteiger partial charge in [-0.15, -0.1) is 5.10 Å². The van der Waals surface area contributed by atoms with E-state index in [0.717, 1.165) is 17.9 Å². The number of aliphatic hydroxyl groups is 2. The Labute approximate surface area is 207 Å². The van der Waals surface area contributed by atoms with Crippen molar-refractivity contribution in [2.45, 2.75) is 50.1 Å². The van der Waals surface area contributed by atoms with Gasteiger partial charge in [0.25, 0.3) is 0 Å². The van der Waals surface area contributed by atoms with Crippen LogP contribution in [0.15, 0.2) is 35.5 Å². The summed E-state index contributed by atoms with van der Waals surface area (Å²) in [6, 6.07) is 8.90. The maximum Gasteiger partial charge on any atom is 0.225 e. The topological polar surface area (TPSA) is 147 Å². The molecule has 2 heterocycles. The van der Waals surface area contributed by atoms with E-state index in [2.05, 4.69) is 37.8 Å². The van der Waals surface area contributed by atoms with E-state index >= 15 is 0 Å². The van der Waals surface area contributed by atoms with Crippen LogP contribution in [-0.4, -0.2) is 78.7 Å². The summed E-state index contributed by atoms with van der Waals surface area (Å²) < 4.78 is 7.26. The second-order valence-electron chi connectivity index (χ2n) is 8.28. The minimum absolute atomic E-state index is 0.224. The monoisotopic (exact) mass is 501 g/mol. The molecular formula is C23H31N7O4S. The number of carbonyl (C=O) groups excluding carboxylic acids is 1. The first kappa shape index (κ1) is 25.1. The van der Waals surface area contributed by atoms with Crippen molar-refractivity contribution >= 4 is 34.7 Å². The number of anilines is 1. The van der Waals surface area contributed by atoms with Gasteiger partial charge in [-0.3, -0.25) is 4.79 Å². The number of benzene rings is 1. The zero-order valence-corrected chi connectivity index (χ0v) is 20.6. The SMILES string of the molecule is CCCSc1nc(NCCOc2ccccc2)c2nnn(C3CC(C(=O)NCC)C(O)C3O)c2n1. The molecule has 4 atom stereocenters. The number of hydrogen-bond acceptors (Lipinski definition) is 10. The third kappa shape index (κ3) is 5.65. The molecule has 0 bridgehead atoms.